The molecule has 0 aromatic rings. The first-order chi connectivity index (χ1) is 14.5. The van der Waals surface area contributed by atoms with E-state index in [1.165, 1.54) is 25.7 Å². The molecular formula is C22H48N6O2. The molecule has 2 atom stereocenters. The molecule has 0 spiro atoms. The third-order valence-electron chi connectivity index (χ3n) is 5.31. The number of carbonyl (C=O) groups excluding carboxylic acids is 2. The lowest BCUT2D eigenvalue weighted by Gasteiger charge is -2.12. The SMILES string of the molecule is NCCCCC(N)C(=O)NCCCCCCCCCCNC(=O)C(N)CCCCN. The van der Waals surface area contributed by atoms with Gasteiger partial charge in [-0.1, -0.05) is 51.4 Å². The van der Waals surface area contributed by atoms with Gasteiger partial charge in [0, 0.05) is 13.1 Å². The maximum Gasteiger partial charge on any atom is 0.236 e. The second-order valence-electron chi connectivity index (χ2n) is 8.19. The Bertz CT molecular complexity index is 384. The van der Waals surface area contributed by atoms with Crippen LogP contribution in [0.1, 0.15) is 89.9 Å². The Morgan fingerprint density at radius 1 is 0.533 bits per heavy atom. The Labute approximate surface area is 183 Å². The van der Waals surface area contributed by atoms with Crippen molar-refractivity contribution < 1.29 is 9.59 Å². The lowest BCUT2D eigenvalue weighted by Crippen LogP contribution is -2.40. The van der Waals surface area contributed by atoms with Gasteiger partial charge in [0.1, 0.15) is 0 Å². The highest BCUT2D eigenvalue weighted by molar-refractivity contribution is 5.81. The molecule has 2 unspecified atom stereocenters. The quantitative estimate of drug-likeness (QED) is 0.151. The fraction of sp³-hybridized carbons (Fsp3) is 0.909. The summed E-state index contributed by atoms with van der Waals surface area (Å²) in [6, 6.07) is -0.818. The standard InChI is InChI=1S/C22H48N6O2/c23-15-9-7-13-19(25)21(29)27-17-11-5-3-1-2-4-6-12-18-28-22(30)20(26)14-8-10-16-24/h19-20H,1-18,23-26H2,(H,27,29)(H,28,30). The second-order valence-corrected chi connectivity index (χ2v) is 8.19. The van der Waals surface area contributed by atoms with Crippen LogP contribution < -0.4 is 33.6 Å². The van der Waals surface area contributed by atoms with Gasteiger partial charge in [-0.2, -0.15) is 0 Å². The highest BCUT2D eigenvalue weighted by Crippen LogP contribution is 2.08. The van der Waals surface area contributed by atoms with Crippen molar-refractivity contribution in [2.45, 2.75) is 102 Å². The minimum atomic E-state index is -0.409. The van der Waals surface area contributed by atoms with E-state index in [0.717, 1.165) is 51.4 Å². The van der Waals surface area contributed by atoms with Crippen LogP contribution in [0.4, 0.5) is 0 Å². The molecule has 0 fully saturated rings. The second kappa shape index (κ2) is 21.0. The molecule has 0 aliphatic carbocycles. The fourth-order valence-electron chi connectivity index (χ4n) is 3.28. The van der Waals surface area contributed by atoms with E-state index in [-0.39, 0.29) is 11.8 Å². The van der Waals surface area contributed by atoms with Gasteiger partial charge in [-0.05, 0) is 51.6 Å². The van der Waals surface area contributed by atoms with Crippen molar-refractivity contribution >= 4 is 11.8 Å². The van der Waals surface area contributed by atoms with Crippen molar-refractivity contribution in [1.29, 1.82) is 0 Å². The summed E-state index contributed by atoms with van der Waals surface area (Å²) in [6.45, 7) is 2.71. The monoisotopic (exact) mass is 428 g/mol. The van der Waals surface area contributed by atoms with Crippen LogP contribution in [0.15, 0.2) is 0 Å². The number of carbonyl (C=O) groups is 2. The average Bonchev–Trinajstić information content (AvgIpc) is 2.74. The van der Waals surface area contributed by atoms with Gasteiger partial charge >= 0.3 is 0 Å². The summed E-state index contributed by atoms with van der Waals surface area (Å²) < 4.78 is 0. The van der Waals surface area contributed by atoms with E-state index in [1.54, 1.807) is 0 Å². The number of hydrogen-bond acceptors (Lipinski definition) is 6. The van der Waals surface area contributed by atoms with Crippen LogP contribution in [0.3, 0.4) is 0 Å². The van der Waals surface area contributed by atoms with Gasteiger partial charge in [-0.25, -0.2) is 0 Å². The Balaban J connectivity index is 3.38. The zero-order valence-corrected chi connectivity index (χ0v) is 19.0. The topological polar surface area (TPSA) is 162 Å². The predicted octanol–water partition coefficient (Wildman–Crippen LogP) is 1.25. The largest absolute Gasteiger partial charge is 0.355 e. The molecule has 30 heavy (non-hydrogen) atoms. The summed E-state index contributed by atoms with van der Waals surface area (Å²) in [7, 11) is 0. The number of nitrogens with one attached hydrogen (secondary N) is 2. The van der Waals surface area contributed by atoms with E-state index in [0.29, 0.717) is 39.0 Å². The third kappa shape index (κ3) is 17.6. The van der Waals surface area contributed by atoms with Gasteiger partial charge in [0.25, 0.3) is 0 Å². The van der Waals surface area contributed by atoms with Gasteiger partial charge in [0.05, 0.1) is 12.1 Å². The summed E-state index contributed by atoms with van der Waals surface area (Å²) in [6.07, 6.45) is 14.1. The molecule has 0 bridgehead atoms. The van der Waals surface area contributed by atoms with E-state index in [9.17, 15) is 9.59 Å². The zero-order valence-electron chi connectivity index (χ0n) is 19.0. The number of nitrogens with two attached hydrogens (primary N) is 4. The minimum absolute atomic E-state index is 0.0457. The van der Waals surface area contributed by atoms with E-state index >= 15 is 0 Å². The first-order valence-electron chi connectivity index (χ1n) is 12.0. The van der Waals surface area contributed by atoms with Crippen molar-refractivity contribution in [3.05, 3.63) is 0 Å². The normalized spacial score (nSPS) is 13.1. The smallest absolute Gasteiger partial charge is 0.236 e. The summed E-state index contributed by atoms with van der Waals surface area (Å²) in [5.74, 6) is -0.0914. The lowest BCUT2D eigenvalue weighted by molar-refractivity contribution is -0.123. The van der Waals surface area contributed by atoms with Crippen molar-refractivity contribution in [2.75, 3.05) is 26.2 Å². The van der Waals surface area contributed by atoms with Gasteiger partial charge < -0.3 is 33.6 Å². The van der Waals surface area contributed by atoms with Crippen LogP contribution in [0.2, 0.25) is 0 Å². The Morgan fingerprint density at radius 3 is 1.20 bits per heavy atom. The van der Waals surface area contributed by atoms with Gasteiger partial charge in [-0.3, -0.25) is 9.59 Å². The van der Waals surface area contributed by atoms with Crippen molar-refractivity contribution in [2.24, 2.45) is 22.9 Å². The molecule has 0 heterocycles. The lowest BCUT2D eigenvalue weighted by atomic mass is 10.1. The molecule has 2 amide bonds. The Morgan fingerprint density at radius 2 is 0.867 bits per heavy atom. The first kappa shape index (κ1) is 28.8. The van der Waals surface area contributed by atoms with Crippen LogP contribution in [0, 0.1) is 0 Å². The van der Waals surface area contributed by atoms with Gasteiger partial charge in [0.15, 0.2) is 0 Å². The highest BCUT2D eigenvalue weighted by atomic mass is 16.2. The van der Waals surface area contributed by atoms with Crippen molar-refractivity contribution in [3.63, 3.8) is 0 Å². The third-order valence-corrected chi connectivity index (χ3v) is 5.31. The van der Waals surface area contributed by atoms with Gasteiger partial charge in [-0.15, -0.1) is 0 Å². The van der Waals surface area contributed by atoms with E-state index in [2.05, 4.69) is 10.6 Å². The number of rotatable bonds is 21. The average molecular weight is 429 g/mol. The minimum Gasteiger partial charge on any atom is -0.355 e. The molecule has 0 aliphatic heterocycles. The van der Waals surface area contributed by atoms with Crippen LogP contribution in [-0.2, 0) is 9.59 Å². The molecule has 8 nitrogen and oxygen atoms in total. The van der Waals surface area contributed by atoms with Crippen LogP contribution in [-0.4, -0.2) is 50.1 Å². The molecule has 0 aromatic heterocycles. The molecule has 0 rings (SSSR count). The van der Waals surface area contributed by atoms with Gasteiger partial charge in [0.2, 0.25) is 11.8 Å². The van der Waals surface area contributed by atoms with E-state index in [4.69, 9.17) is 22.9 Å². The van der Waals surface area contributed by atoms with Crippen molar-refractivity contribution in [3.8, 4) is 0 Å². The molecule has 178 valence electrons. The molecule has 10 N–H and O–H groups in total. The highest BCUT2D eigenvalue weighted by Gasteiger charge is 2.12. The van der Waals surface area contributed by atoms with E-state index < -0.39 is 12.1 Å². The van der Waals surface area contributed by atoms with Crippen LogP contribution in [0.5, 0.6) is 0 Å². The zero-order chi connectivity index (χ0) is 22.5. The fourth-order valence-corrected chi connectivity index (χ4v) is 3.28. The number of amides is 2. The first-order valence-corrected chi connectivity index (χ1v) is 12.0. The molecule has 0 saturated heterocycles. The van der Waals surface area contributed by atoms with Crippen LogP contribution in [0.25, 0.3) is 0 Å². The maximum atomic E-state index is 11.8. The van der Waals surface area contributed by atoms with Crippen LogP contribution >= 0.6 is 0 Å². The number of hydrogen-bond donors (Lipinski definition) is 6. The summed E-state index contributed by atoms with van der Waals surface area (Å²) >= 11 is 0. The summed E-state index contributed by atoms with van der Waals surface area (Å²) in [5.41, 5.74) is 22.6. The Hall–Kier alpha value is -1.22. The summed E-state index contributed by atoms with van der Waals surface area (Å²) in [4.78, 5) is 23.7. The molecular weight excluding hydrogens is 380 g/mol. The molecule has 0 radical (unpaired) electrons. The number of unbranched alkanes of at least 4 members (excludes halogenated alkanes) is 9. The molecule has 0 saturated carbocycles. The molecule has 8 heteroatoms. The molecule has 0 aliphatic rings. The Kier molecular flexibility index (Phi) is 20.2. The maximum absolute atomic E-state index is 11.8. The predicted molar refractivity (Wildman–Crippen MR) is 125 cm³/mol. The molecule has 0 aromatic carbocycles. The summed E-state index contributed by atoms with van der Waals surface area (Å²) in [5, 5.41) is 5.84. The van der Waals surface area contributed by atoms with Crippen molar-refractivity contribution in [1.82, 2.24) is 10.6 Å². The van der Waals surface area contributed by atoms with E-state index in [1.807, 2.05) is 0 Å².